The summed E-state index contributed by atoms with van der Waals surface area (Å²) in [7, 11) is -3.93. The third-order valence-corrected chi connectivity index (χ3v) is 7.68. The van der Waals surface area contributed by atoms with E-state index < -0.39 is 15.9 Å². The summed E-state index contributed by atoms with van der Waals surface area (Å²) in [5, 5.41) is 3.13. The monoisotopic (exact) mass is 604 g/mol. The highest BCUT2D eigenvalue weighted by atomic mass is 127. The minimum absolute atomic E-state index is 0.109. The lowest BCUT2D eigenvalue weighted by Crippen LogP contribution is -2.38. The van der Waals surface area contributed by atoms with Gasteiger partial charge in [0.15, 0.2) is 0 Å². The maximum Gasteiger partial charge on any atom is 0.264 e. The number of carbonyl (C=O) groups is 1. The second-order valence-corrected chi connectivity index (χ2v) is 10.3. The standard InChI is InChI=1S/C20H15BrClIN2O3S/c21-18-11-8-15(12-19(18)22)24-20(26)13-25(16-9-6-14(23)7-10-16)29(27,28)17-4-2-1-3-5-17/h1-12H,13H2,(H,24,26). The van der Waals surface area contributed by atoms with E-state index in [0.29, 0.717) is 20.9 Å². The molecule has 5 nitrogen and oxygen atoms in total. The Bertz CT molecular complexity index is 1130. The topological polar surface area (TPSA) is 66.5 Å². The lowest BCUT2D eigenvalue weighted by molar-refractivity contribution is -0.114. The Morgan fingerprint density at radius 3 is 2.31 bits per heavy atom. The van der Waals surface area contributed by atoms with Gasteiger partial charge < -0.3 is 5.32 Å². The van der Waals surface area contributed by atoms with E-state index in [1.165, 1.54) is 12.1 Å². The van der Waals surface area contributed by atoms with E-state index in [-0.39, 0.29) is 11.4 Å². The van der Waals surface area contributed by atoms with Gasteiger partial charge in [0.1, 0.15) is 6.54 Å². The van der Waals surface area contributed by atoms with Crippen molar-refractivity contribution in [3.63, 3.8) is 0 Å². The number of nitrogens with one attached hydrogen (secondary N) is 1. The summed E-state index contributed by atoms with van der Waals surface area (Å²) in [5.74, 6) is -0.485. The van der Waals surface area contributed by atoms with Gasteiger partial charge in [-0.3, -0.25) is 9.10 Å². The summed E-state index contributed by atoms with van der Waals surface area (Å²) in [4.78, 5) is 12.8. The zero-order valence-corrected chi connectivity index (χ0v) is 20.2. The van der Waals surface area contributed by atoms with Gasteiger partial charge in [0.25, 0.3) is 10.0 Å². The van der Waals surface area contributed by atoms with Gasteiger partial charge in [0.2, 0.25) is 5.91 Å². The first-order valence-electron chi connectivity index (χ1n) is 8.35. The van der Waals surface area contributed by atoms with Crippen LogP contribution in [-0.4, -0.2) is 20.9 Å². The van der Waals surface area contributed by atoms with Crippen molar-refractivity contribution < 1.29 is 13.2 Å². The molecule has 29 heavy (non-hydrogen) atoms. The van der Waals surface area contributed by atoms with Crippen molar-refractivity contribution in [3.8, 4) is 0 Å². The number of hydrogen-bond donors (Lipinski definition) is 1. The van der Waals surface area contributed by atoms with Crippen LogP contribution in [0.15, 0.2) is 82.2 Å². The normalized spacial score (nSPS) is 11.1. The number of sulfonamides is 1. The van der Waals surface area contributed by atoms with Gasteiger partial charge >= 0.3 is 0 Å². The minimum atomic E-state index is -3.93. The Morgan fingerprint density at radius 2 is 1.69 bits per heavy atom. The zero-order valence-electron chi connectivity index (χ0n) is 14.8. The summed E-state index contributed by atoms with van der Waals surface area (Å²) in [6, 6.07) is 19.9. The molecular weight excluding hydrogens is 591 g/mol. The number of nitrogens with zero attached hydrogens (tertiary/aromatic N) is 1. The molecule has 0 heterocycles. The van der Waals surface area contributed by atoms with Crippen molar-refractivity contribution in [2.75, 3.05) is 16.2 Å². The van der Waals surface area contributed by atoms with Crippen molar-refractivity contribution >= 4 is 77.4 Å². The summed E-state index contributed by atoms with van der Waals surface area (Å²) in [5.41, 5.74) is 0.876. The minimum Gasteiger partial charge on any atom is -0.324 e. The first-order valence-corrected chi connectivity index (χ1v) is 12.0. The molecule has 0 atom stereocenters. The average Bonchev–Trinajstić information content (AvgIpc) is 2.70. The maximum atomic E-state index is 13.2. The number of benzene rings is 3. The number of hydrogen-bond acceptors (Lipinski definition) is 3. The fraction of sp³-hybridized carbons (Fsp3) is 0.0500. The number of amides is 1. The van der Waals surface area contributed by atoms with Gasteiger partial charge in [-0.15, -0.1) is 0 Å². The van der Waals surface area contributed by atoms with Crippen LogP contribution in [0.2, 0.25) is 5.02 Å². The van der Waals surface area contributed by atoms with Crippen LogP contribution in [0.4, 0.5) is 11.4 Å². The molecule has 0 aliphatic heterocycles. The first kappa shape index (κ1) is 22.1. The third kappa shape index (κ3) is 5.50. The van der Waals surface area contributed by atoms with Gasteiger partial charge in [-0.2, -0.15) is 0 Å². The average molecular weight is 606 g/mol. The Balaban J connectivity index is 1.92. The van der Waals surface area contributed by atoms with Crippen LogP contribution in [0.25, 0.3) is 0 Å². The van der Waals surface area contributed by atoms with E-state index in [0.717, 1.165) is 7.88 Å². The Morgan fingerprint density at radius 1 is 1.03 bits per heavy atom. The van der Waals surface area contributed by atoms with E-state index >= 15 is 0 Å². The van der Waals surface area contributed by atoms with Crippen molar-refractivity contribution in [3.05, 3.63) is 85.9 Å². The molecule has 0 bridgehead atoms. The molecule has 3 rings (SSSR count). The third-order valence-electron chi connectivity index (χ3n) is 3.94. The van der Waals surface area contributed by atoms with E-state index in [9.17, 15) is 13.2 Å². The van der Waals surface area contributed by atoms with E-state index in [4.69, 9.17) is 11.6 Å². The molecule has 9 heteroatoms. The molecule has 1 N–H and O–H groups in total. The molecule has 0 spiro atoms. The summed E-state index contributed by atoms with van der Waals surface area (Å²) < 4.78 is 29.2. The van der Waals surface area contributed by atoms with E-state index in [2.05, 4.69) is 43.8 Å². The summed E-state index contributed by atoms with van der Waals surface area (Å²) in [6.07, 6.45) is 0. The molecular formula is C20H15BrClIN2O3S. The van der Waals surface area contributed by atoms with Gasteiger partial charge in [0, 0.05) is 13.7 Å². The molecule has 0 aliphatic rings. The van der Waals surface area contributed by atoms with Gasteiger partial charge in [-0.05, 0) is 93.1 Å². The smallest absolute Gasteiger partial charge is 0.264 e. The molecule has 3 aromatic rings. The molecule has 0 saturated heterocycles. The van der Waals surface area contributed by atoms with Crippen LogP contribution >= 0.6 is 50.1 Å². The Hall–Kier alpha value is -1.62. The van der Waals surface area contributed by atoms with Crippen molar-refractivity contribution in [2.24, 2.45) is 0 Å². The molecule has 3 aromatic carbocycles. The van der Waals surface area contributed by atoms with Gasteiger partial charge in [-0.25, -0.2) is 8.42 Å². The molecule has 150 valence electrons. The first-order chi connectivity index (χ1) is 13.8. The number of anilines is 2. The van der Waals surface area contributed by atoms with Crippen molar-refractivity contribution in [1.82, 2.24) is 0 Å². The van der Waals surface area contributed by atoms with Crippen LogP contribution < -0.4 is 9.62 Å². The maximum absolute atomic E-state index is 13.2. The van der Waals surface area contributed by atoms with Crippen LogP contribution in [-0.2, 0) is 14.8 Å². The predicted molar refractivity (Wildman–Crippen MR) is 128 cm³/mol. The highest BCUT2D eigenvalue weighted by Crippen LogP contribution is 2.27. The fourth-order valence-electron chi connectivity index (χ4n) is 2.55. The lowest BCUT2D eigenvalue weighted by atomic mass is 10.3. The number of halogens is 3. The number of carbonyl (C=O) groups excluding carboxylic acids is 1. The number of rotatable bonds is 6. The molecule has 0 fully saturated rings. The van der Waals surface area contributed by atoms with E-state index in [1.54, 1.807) is 60.7 Å². The molecule has 0 aromatic heterocycles. The molecule has 0 saturated carbocycles. The zero-order chi connectivity index (χ0) is 21.0. The highest BCUT2D eigenvalue weighted by molar-refractivity contribution is 14.1. The molecule has 0 aliphatic carbocycles. The van der Waals surface area contributed by atoms with Crippen LogP contribution in [0.5, 0.6) is 0 Å². The highest BCUT2D eigenvalue weighted by Gasteiger charge is 2.27. The van der Waals surface area contributed by atoms with Gasteiger partial charge in [-0.1, -0.05) is 29.8 Å². The fourth-order valence-corrected chi connectivity index (χ4v) is 4.78. The second kappa shape index (κ2) is 9.46. The quantitative estimate of drug-likeness (QED) is 0.376. The Labute approximate surface area is 196 Å². The van der Waals surface area contributed by atoms with E-state index in [1.807, 2.05) is 0 Å². The summed E-state index contributed by atoms with van der Waals surface area (Å²) in [6.45, 7) is -0.383. The second-order valence-electron chi connectivity index (χ2n) is 5.98. The van der Waals surface area contributed by atoms with Crippen LogP contribution in [0.1, 0.15) is 0 Å². The molecule has 0 radical (unpaired) electrons. The molecule has 0 unspecified atom stereocenters. The predicted octanol–water partition coefficient (Wildman–Crippen LogP) is 5.54. The van der Waals surface area contributed by atoms with Crippen molar-refractivity contribution in [1.29, 1.82) is 0 Å². The van der Waals surface area contributed by atoms with Crippen LogP contribution in [0, 0.1) is 3.57 Å². The van der Waals surface area contributed by atoms with Gasteiger partial charge in [0.05, 0.1) is 15.6 Å². The molecule has 1 amide bonds. The van der Waals surface area contributed by atoms with Crippen molar-refractivity contribution in [2.45, 2.75) is 4.90 Å². The Kier molecular flexibility index (Phi) is 7.20. The van der Waals surface area contributed by atoms with Crippen LogP contribution in [0.3, 0.4) is 0 Å². The summed E-state index contributed by atoms with van der Waals surface area (Å²) >= 11 is 11.5. The lowest BCUT2D eigenvalue weighted by Gasteiger charge is -2.24. The SMILES string of the molecule is O=C(CN(c1ccc(I)cc1)S(=O)(=O)c1ccccc1)Nc1ccc(Br)c(Cl)c1. The largest absolute Gasteiger partial charge is 0.324 e.